The molecule has 4 nitrogen and oxygen atoms in total. The Morgan fingerprint density at radius 1 is 1.14 bits per heavy atom. The Balaban J connectivity index is 1.83. The second-order valence-corrected chi connectivity index (χ2v) is 6.70. The van der Waals surface area contributed by atoms with Gasteiger partial charge in [0.15, 0.2) is 0 Å². The van der Waals surface area contributed by atoms with E-state index in [0.717, 1.165) is 37.5 Å². The number of nitrogens with one attached hydrogen (secondary N) is 1. The third-order valence-corrected chi connectivity index (χ3v) is 5.32. The van der Waals surface area contributed by atoms with Gasteiger partial charge in [-0.05, 0) is 23.6 Å². The fraction of sp³-hybridized carbons (Fsp3) is 0.353. The van der Waals surface area contributed by atoms with Gasteiger partial charge in [-0.15, -0.1) is 11.3 Å². The van der Waals surface area contributed by atoms with Gasteiger partial charge in [-0.3, -0.25) is 4.90 Å². The van der Waals surface area contributed by atoms with Crippen LogP contribution in [0.5, 0.6) is 0 Å². The molecule has 1 saturated heterocycles. The SMILES string of the molecule is Cn1c(C(c2cccs2)N2CCNCC2)nc2ccccc21. The van der Waals surface area contributed by atoms with Crippen LogP contribution in [0, 0.1) is 0 Å². The monoisotopic (exact) mass is 312 g/mol. The molecule has 1 unspecified atom stereocenters. The molecule has 0 amide bonds. The molecule has 1 atom stereocenters. The Hall–Kier alpha value is -1.69. The van der Waals surface area contributed by atoms with Crippen LogP contribution in [0.4, 0.5) is 0 Å². The molecular weight excluding hydrogens is 292 g/mol. The summed E-state index contributed by atoms with van der Waals surface area (Å²) < 4.78 is 2.25. The highest BCUT2D eigenvalue weighted by molar-refractivity contribution is 7.10. The summed E-state index contributed by atoms with van der Waals surface area (Å²) in [5.74, 6) is 1.14. The number of imidazole rings is 1. The lowest BCUT2D eigenvalue weighted by Crippen LogP contribution is -2.45. The molecule has 0 saturated carbocycles. The average molecular weight is 312 g/mol. The van der Waals surface area contributed by atoms with E-state index >= 15 is 0 Å². The third kappa shape index (κ3) is 2.35. The normalized spacial score (nSPS) is 17.9. The first-order valence-electron chi connectivity index (χ1n) is 7.74. The first kappa shape index (κ1) is 13.9. The molecule has 5 heteroatoms. The van der Waals surface area contributed by atoms with Crippen LogP contribution in [0.25, 0.3) is 11.0 Å². The van der Waals surface area contributed by atoms with Crippen molar-refractivity contribution in [2.45, 2.75) is 6.04 Å². The largest absolute Gasteiger partial charge is 0.329 e. The Bertz CT molecular complexity index is 756. The van der Waals surface area contributed by atoms with E-state index in [4.69, 9.17) is 4.98 Å². The van der Waals surface area contributed by atoms with Crippen LogP contribution in [0.3, 0.4) is 0 Å². The lowest BCUT2D eigenvalue weighted by atomic mass is 10.1. The fourth-order valence-corrected chi connectivity index (χ4v) is 4.12. The smallest absolute Gasteiger partial charge is 0.132 e. The molecule has 1 N–H and O–H groups in total. The van der Waals surface area contributed by atoms with Gasteiger partial charge in [0.05, 0.1) is 11.0 Å². The highest BCUT2D eigenvalue weighted by Gasteiger charge is 2.28. The number of nitrogens with zero attached hydrogens (tertiary/aromatic N) is 3. The van der Waals surface area contributed by atoms with Crippen LogP contribution in [-0.4, -0.2) is 40.6 Å². The Morgan fingerprint density at radius 2 is 1.95 bits per heavy atom. The van der Waals surface area contributed by atoms with Crippen molar-refractivity contribution in [2.24, 2.45) is 7.05 Å². The quantitative estimate of drug-likeness (QED) is 0.807. The van der Waals surface area contributed by atoms with Crippen LogP contribution < -0.4 is 5.32 Å². The molecule has 3 aromatic rings. The van der Waals surface area contributed by atoms with Gasteiger partial charge in [0.2, 0.25) is 0 Å². The molecule has 22 heavy (non-hydrogen) atoms. The minimum Gasteiger partial charge on any atom is -0.329 e. The van der Waals surface area contributed by atoms with Crippen molar-refractivity contribution >= 4 is 22.4 Å². The molecule has 3 heterocycles. The van der Waals surface area contributed by atoms with Crippen molar-refractivity contribution in [3.05, 3.63) is 52.5 Å². The van der Waals surface area contributed by atoms with E-state index in [1.807, 2.05) is 11.3 Å². The van der Waals surface area contributed by atoms with Crippen molar-refractivity contribution in [1.29, 1.82) is 0 Å². The molecule has 0 bridgehead atoms. The summed E-state index contributed by atoms with van der Waals surface area (Å²) in [6.45, 7) is 4.22. The number of thiophene rings is 1. The molecule has 1 aliphatic rings. The van der Waals surface area contributed by atoms with Gasteiger partial charge < -0.3 is 9.88 Å². The fourth-order valence-electron chi connectivity index (χ4n) is 3.27. The molecule has 0 radical (unpaired) electrons. The summed E-state index contributed by atoms with van der Waals surface area (Å²) >= 11 is 1.82. The predicted octanol–water partition coefficient (Wildman–Crippen LogP) is 2.63. The molecule has 0 spiro atoms. The first-order chi connectivity index (χ1) is 10.8. The van der Waals surface area contributed by atoms with Crippen molar-refractivity contribution in [3.8, 4) is 0 Å². The van der Waals surface area contributed by atoms with Gasteiger partial charge in [0.1, 0.15) is 11.9 Å². The molecule has 114 valence electrons. The van der Waals surface area contributed by atoms with Gasteiger partial charge in [0.25, 0.3) is 0 Å². The zero-order valence-electron chi connectivity index (χ0n) is 12.7. The minimum absolute atomic E-state index is 0.250. The first-order valence-corrected chi connectivity index (χ1v) is 8.62. The third-order valence-electron chi connectivity index (χ3n) is 4.40. The average Bonchev–Trinajstić information content (AvgIpc) is 3.19. The second kappa shape index (κ2) is 5.83. The summed E-state index contributed by atoms with van der Waals surface area (Å²) in [7, 11) is 2.13. The van der Waals surface area contributed by atoms with Crippen LogP contribution in [-0.2, 0) is 7.05 Å². The van der Waals surface area contributed by atoms with Crippen molar-refractivity contribution < 1.29 is 0 Å². The highest BCUT2D eigenvalue weighted by Crippen LogP contribution is 2.32. The minimum atomic E-state index is 0.250. The van der Waals surface area contributed by atoms with E-state index < -0.39 is 0 Å². The number of aryl methyl sites for hydroxylation is 1. The van der Waals surface area contributed by atoms with E-state index in [0.29, 0.717) is 0 Å². The number of piperazine rings is 1. The molecule has 4 rings (SSSR count). The maximum atomic E-state index is 4.95. The van der Waals surface area contributed by atoms with E-state index in [9.17, 15) is 0 Å². The van der Waals surface area contributed by atoms with Gasteiger partial charge >= 0.3 is 0 Å². The highest BCUT2D eigenvalue weighted by atomic mass is 32.1. The van der Waals surface area contributed by atoms with Crippen molar-refractivity contribution in [2.75, 3.05) is 26.2 Å². The van der Waals surface area contributed by atoms with E-state index in [1.165, 1.54) is 10.4 Å². The number of hydrogen-bond donors (Lipinski definition) is 1. The standard InChI is InChI=1S/C17H20N4S/c1-20-14-6-3-2-5-13(14)19-17(20)16(15-7-4-12-22-15)21-10-8-18-9-11-21/h2-7,12,16,18H,8-11H2,1H3. The van der Waals surface area contributed by atoms with Gasteiger partial charge in [0, 0.05) is 38.1 Å². The number of hydrogen-bond acceptors (Lipinski definition) is 4. The number of para-hydroxylation sites is 2. The lowest BCUT2D eigenvalue weighted by Gasteiger charge is -2.34. The summed E-state index contributed by atoms with van der Waals surface area (Å²) in [4.78, 5) is 8.87. The van der Waals surface area contributed by atoms with Crippen LogP contribution >= 0.6 is 11.3 Å². The molecule has 0 aliphatic carbocycles. The topological polar surface area (TPSA) is 33.1 Å². The van der Waals surface area contributed by atoms with Crippen molar-refractivity contribution in [3.63, 3.8) is 0 Å². The van der Waals surface area contributed by atoms with E-state index in [1.54, 1.807) is 0 Å². The van der Waals surface area contributed by atoms with Gasteiger partial charge in [-0.25, -0.2) is 4.98 Å². The summed E-state index contributed by atoms with van der Waals surface area (Å²) in [5.41, 5.74) is 2.28. The number of aromatic nitrogens is 2. The van der Waals surface area contributed by atoms with Crippen LogP contribution in [0.2, 0.25) is 0 Å². The maximum absolute atomic E-state index is 4.95. The van der Waals surface area contributed by atoms with Crippen LogP contribution in [0.1, 0.15) is 16.7 Å². The number of rotatable bonds is 3. The number of benzene rings is 1. The van der Waals surface area contributed by atoms with Crippen LogP contribution in [0.15, 0.2) is 41.8 Å². The van der Waals surface area contributed by atoms with Crippen molar-refractivity contribution in [1.82, 2.24) is 19.8 Å². The maximum Gasteiger partial charge on any atom is 0.132 e. The summed E-state index contributed by atoms with van der Waals surface area (Å²) in [6.07, 6.45) is 0. The zero-order chi connectivity index (χ0) is 14.9. The van der Waals surface area contributed by atoms with Gasteiger partial charge in [-0.1, -0.05) is 18.2 Å². The predicted molar refractivity (Wildman–Crippen MR) is 91.3 cm³/mol. The van der Waals surface area contributed by atoms with E-state index in [2.05, 4.69) is 63.6 Å². The number of fused-ring (bicyclic) bond motifs is 1. The molecule has 1 fully saturated rings. The molecular formula is C17H20N4S. The molecule has 1 aliphatic heterocycles. The molecule has 2 aromatic heterocycles. The second-order valence-electron chi connectivity index (χ2n) is 5.72. The Kier molecular flexibility index (Phi) is 3.70. The molecule has 1 aromatic carbocycles. The Morgan fingerprint density at radius 3 is 2.68 bits per heavy atom. The zero-order valence-corrected chi connectivity index (χ0v) is 13.5. The van der Waals surface area contributed by atoms with E-state index in [-0.39, 0.29) is 6.04 Å². The lowest BCUT2D eigenvalue weighted by molar-refractivity contribution is 0.193. The van der Waals surface area contributed by atoms with Gasteiger partial charge in [-0.2, -0.15) is 0 Å². The summed E-state index contributed by atoms with van der Waals surface area (Å²) in [5, 5.41) is 5.60. The summed E-state index contributed by atoms with van der Waals surface area (Å²) in [6, 6.07) is 13.0. The Labute approximate surface area is 134 Å².